The molecule has 0 spiro atoms. The highest BCUT2D eigenvalue weighted by atomic mass is 16.6. The maximum Gasteiger partial charge on any atom is 0.256 e. The molecule has 0 aliphatic carbocycles. The molecule has 0 aromatic heterocycles. The van der Waals surface area contributed by atoms with Crippen molar-refractivity contribution in [2.45, 2.75) is 124 Å². The smallest absolute Gasteiger partial charge is 0.256 e. The number of unbranched alkanes of at least 4 members (excludes halogenated alkanes) is 1. The molecular formula is C29H51N2O6-. The first-order valence-corrected chi connectivity index (χ1v) is 13.7. The number of hydroxylamine groups is 2. The lowest BCUT2D eigenvalue weighted by molar-refractivity contribution is -0.143. The van der Waals surface area contributed by atoms with Gasteiger partial charge in [0.15, 0.2) is 0 Å². The number of carbonyl (C=O) groups excluding carboxylic acids is 2. The Morgan fingerprint density at radius 1 is 1.19 bits per heavy atom. The number of allylic oxidation sites excluding steroid dienone is 1. The summed E-state index contributed by atoms with van der Waals surface area (Å²) in [5.41, 5.74) is 1.16. The molecule has 1 heterocycles. The lowest BCUT2D eigenvalue weighted by Gasteiger charge is -2.41. The summed E-state index contributed by atoms with van der Waals surface area (Å²) in [6.45, 7) is 18.7. The number of carbonyl (C=O) groups is 2. The van der Waals surface area contributed by atoms with Crippen molar-refractivity contribution >= 4 is 11.8 Å². The summed E-state index contributed by atoms with van der Waals surface area (Å²) in [6, 6.07) is -0.490. The molecule has 0 radical (unpaired) electrons. The lowest BCUT2D eigenvalue weighted by Crippen LogP contribution is -2.43. The molecule has 5 atom stereocenters. The Kier molecular flexibility index (Phi) is 14.2. The number of imide groups is 1. The molecule has 8 nitrogen and oxygen atoms in total. The van der Waals surface area contributed by atoms with Gasteiger partial charge in [0.1, 0.15) is 6.23 Å². The quantitative estimate of drug-likeness (QED) is 0.0759. The summed E-state index contributed by atoms with van der Waals surface area (Å²) < 4.78 is 17.7. The van der Waals surface area contributed by atoms with Crippen LogP contribution < -0.4 is 0 Å². The first-order chi connectivity index (χ1) is 17.2. The molecular weight excluding hydrogens is 472 g/mol. The second-order valence-corrected chi connectivity index (χ2v) is 11.3. The normalized spacial score (nSPS) is 18.6. The Labute approximate surface area is 225 Å². The minimum Gasteiger partial charge on any atom is -0.783 e. The van der Waals surface area contributed by atoms with E-state index < -0.39 is 6.23 Å². The van der Waals surface area contributed by atoms with Gasteiger partial charge in [0.2, 0.25) is 0 Å². The second kappa shape index (κ2) is 15.7. The summed E-state index contributed by atoms with van der Waals surface area (Å²) in [7, 11) is 1.56. The van der Waals surface area contributed by atoms with Crippen LogP contribution in [0.25, 0.3) is 0 Å². The van der Waals surface area contributed by atoms with Crippen molar-refractivity contribution in [3.63, 3.8) is 0 Å². The first kappa shape index (κ1) is 33.4. The zero-order valence-corrected chi connectivity index (χ0v) is 24.8. The molecule has 1 rings (SSSR count). The van der Waals surface area contributed by atoms with Gasteiger partial charge in [-0.2, -0.15) is 0 Å². The SMILES string of the molecule is CCC(OCCCCC(C)(C)OCC(C)N1C(=O)C=C(C)C1=O)C(C)CC(C)N([O-])C(C=C(C)C)OC. The van der Waals surface area contributed by atoms with E-state index in [0.717, 1.165) is 42.7 Å². The van der Waals surface area contributed by atoms with E-state index in [2.05, 4.69) is 13.8 Å². The third kappa shape index (κ3) is 11.0. The highest BCUT2D eigenvalue weighted by Crippen LogP contribution is 2.24. The Balaban J connectivity index is 2.40. The topological polar surface area (TPSA) is 91.4 Å². The molecule has 0 aromatic rings. The predicted octanol–water partition coefficient (Wildman–Crippen LogP) is 5.60. The average molecular weight is 524 g/mol. The maximum atomic E-state index is 12.7. The Hall–Kier alpha value is -1.58. The van der Waals surface area contributed by atoms with Crippen LogP contribution in [-0.2, 0) is 23.8 Å². The van der Waals surface area contributed by atoms with Crippen LogP contribution in [0.3, 0.4) is 0 Å². The van der Waals surface area contributed by atoms with E-state index in [1.165, 1.54) is 11.0 Å². The summed E-state index contributed by atoms with van der Waals surface area (Å²) >= 11 is 0. The van der Waals surface area contributed by atoms with Crippen LogP contribution in [0.5, 0.6) is 0 Å². The van der Waals surface area contributed by atoms with Crippen molar-refractivity contribution in [2.24, 2.45) is 5.92 Å². The van der Waals surface area contributed by atoms with Crippen molar-refractivity contribution < 1.29 is 23.8 Å². The maximum absolute atomic E-state index is 12.7. The number of ether oxygens (including phenoxy) is 3. The van der Waals surface area contributed by atoms with Gasteiger partial charge in [0, 0.05) is 25.4 Å². The molecule has 0 saturated heterocycles. The second-order valence-electron chi connectivity index (χ2n) is 11.3. The van der Waals surface area contributed by atoms with E-state index in [1.54, 1.807) is 14.0 Å². The highest BCUT2D eigenvalue weighted by Gasteiger charge is 2.33. The Bertz CT molecular complexity index is 789. The van der Waals surface area contributed by atoms with Gasteiger partial charge in [0.05, 0.1) is 24.4 Å². The summed E-state index contributed by atoms with van der Waals surface area (Å²) in [5.74, 6) is -0.257. The Morgan fingerprint density at radius 3 is 2.35 bits per heavy atom. The van der Waals surface area contributed by atoms with Crippen LogP contribution in [0.4, 0.5) is 0 Å². The summed E-state index contributed by atoms with van der Waals surface area (Å²) in [6.07, 6.45) is 7.07. The fraction of sp³-hybridized carbons (Fsp3) is 0.793. The Morgan fingerprint density at radius 2 is 1.84 bits per heavy atom. The monoisotopic (exact) mass is 523 g/mol. The third-order valence-corrected chi connectivity index (χ3v) is 6.95. The van der Waals surface area contributed by atoms with Gasteiger partial charge in [-0.05, 0) is 91.7 Å². The minimum atomic E-state index is -0.570. The number of amides is 2. The van der Waals surface area contributed by atoms with Gasteiger partial charge >= 0.3 is 0 Å². The predicted molar refractivity (Wildman–Crippen MR) is 148 cm³/mol. The number of rotatable bonds is 18. The fourth-order valence-corrected chi connectivity index (χ4v) is 4.66. The van der Waals surface area contributed by atoms with E-state index in [4.69, 9.17) is 14.2 Å². The molecule has 1 aliphatic rings. The fourth-order valence-electron chi connectivity index (χ4n) is 4.66. The average Bonchev–Trinajstić information content (AvgIpc) is 3.08. The molecule has 0 bridgehead atoms. The molecule has 214 valence electrons. The van der Waals surface area contributed by atoms with Gasteiger partial charge in [-0.1, -0.05) is 26.3 Å². The van der Waals surface area contributed by atoms with Crippen LogP contribution in [-0.4, -0.2) is 72.1 Å². The molecule has 5 unspecified atom stereocenters. The number of methoxy groups -OCH3 is 1. The van der Waals surface area contributed by atoms with Crippen molar-refractivity contribution in [1.82, 2.24) is 9.96 Å². The molecule has 0 N–H and O–H groups in total. The molecule has 0 saturated carbocycles. The molecule has 1 aliphatic heterocycles. The lowest BCUT2D eigenvalue weighted by atomic mass is 9.94. The largest absolute Gasteiger partial charge is 0.783 e. The van der Waals surface area contributed by atoms with Gasteiger partial charge in [-0.25, -0.2) is 0 Å². The van der Waals surface area contributed by atoms with Gasteiger partial charge < -0.3 is 24.5 Å². The summed E-state index contributed by atoms with van der Waals surface area (Å²) in [5, 5.41) is 13.8. The van der Waals surface area contributed by atoms with E-state index >= 15 is 0 Å². The standard InChI is InChI=1S/C29H51N2O6/c1-11-25(21(4)17-23(6)31(34)27(35-10)16-20(2)3)36-15-13-12-14-29(8,9)37-19-24(7)30-26(32)18-22(5)28(30)33/h16,18,21,23-25,27H,11-15,17,19H2,1-10H3/q-1. The van der Waals surface area contributed by atoms with Crippen molar-refractivity contribution in [3.05, 3.63) is 28.5 Å². The molecule has 2 amide bonds. The van der Waals surface area contributed by atoms with Crippen molar-refractivity contribution in [3.8, 4) is 0 Å². The van der Waals surface area contributed by atoms with Crippen molar-refractivity contribution in [2.75, 3.05) is 20.3 Å². The van der Waals surface area contributed by atoms with Crippen LogP contribution in [0.15, 0.2) is 23.3 Å². The first-order valence-electron chi connectivity index (χ1n) is 13.7. The van der Waals surface area contributed by atoms with Crippen LogP contribution in [0.1, 0.15) is 94.4 Å². The van der Waals surface area contributed by atoms with Crippen LogP contribution in [0, 0.1) is 11.1 Å². The molecule has 0 fully saturated rings. The molecule has 8 heteroatoms. The van der Waals surface area contributed by atoms with E-state index in [0.29, 0.717) is 18.8 Å². The van der Waals surface area contributed by atoms with Crippen LogP contribution in [0.2, 0.25) is 0 Å². The zero-order valence-electron chi connectivity index (χ0n) is 24.8. The molecule has 0 aromatic carbocycles. The number of hydrogen-bond donors (Lipinski definition) is 0. The minimum absolute atomic E-state index is 0.0954. The van der Waals surface area contributed by atoms with Crippen molar-refractivity contribution in [1.29, 1.82) is 0 Å². The van der Waals surface area contributed by atoms with E-state index in [-0.39, 0.29) is 41.5 Å². The van der Waals surface area contributed by atoms with E-state index in [1.807, 2.05) is 47.6 Å². The van der Waals surface area contributed by atoms with Gasteiger partial charge in [-0.15, -0.1) is 0 Å². The van der Waals surface area contributed by atoms with E-state index in [9.17, 15) is 14.8 Å². The highest BCUT2D eigenvalue weighted by molar-refractivity contribution is 6.16. The third-order valence-electron chi connectivity index (χ3n) is 6.95. The van der Waals surface area contributed by atoms with Crippen LogP contribution >= 0.6 is 0 Å². The number of nitrogens with zero attached hydrogens (tertiary/aromatic N) is 2. The van der Waals surface area contributed by atoms with Gasteiger partial charge in [0.25, 0.3) is 11.8 Å². The molecule has 37 heavy (non-hydrogen) atoms. The zero-order chi connectivity index (χ0) is 28.3. The summed E-state index contributed by atoms with van der Waals surface area (Å²) in [4.78, 5) is 25.5. The number of hydrogen-bond acceptors (Lipinski definition) is 7. The van der Waals surface area contributed by atoms with Gasteiger partial charge in [-0.3, -0.25) is 14.5 Å².